The Bertz CT molecular complexity index is 323. The summed E-state index contributed by atoms with van der Waals surface area (Å²) in [6.07, 6.45) is 0.809. The van der Waals surface area contributed by atoms with Gasteiger partial charge in [-0.3, -0.25) is 10.1 Å². The number of nitrogens with one attached hydrogen (secondary N) is 2. The summed E-state index contributed by atoms with van der Waals surface area (Å²) in [5.74, 6) is 0.0985. The fourth-order valence-electron chi connectivity index (χ4n) is 1.69. The second-order valence-corrected chi connectivity index (χ2v) is 3.48. The molecule has 1 heterocycles. The van der Waals surface area contributed by atoms with E-state index >= 15 is 0 Å². The minimum atomic E-state index is -0.0415. The van der Waals surface area contributed by atoms with Gasteiger partial charge in [-0.1, -0.05) is 37.3 Å². The van der Waals surface area contributed by atoms with Gasteiger partial charge in [-0.2, -0.15) is 0 Å². The lowest BCUT2D eigenvalue weighted by Gasteiger charge is -2.10. The first-order valence-electron chi connectivity index (χ1n) is 4.92. The minimum Gasteiger partial charge on any atom is -0.335 e. The third-order valence-electron chi connectivity index (χ3n) is 2.51. The summed E-state index contributed by atoms with van der Waals surface area (Å²) in [7, 11) is 0. The first kappa shape index (κ1) is 9.21. The maximum absolute atomic E-state index is 11.4. The van der Waals surface area contributed by atoms with Crippen LogP contribution >= 0.6 is 0 Å². The van der Waals surface area contributed by atoms with Crippen molar-refractivity contribution in [2.45, 2.75) is 25.6 Å². The highest BCUT2D eigenvalue weighted by atomic mass is 16.2. The van der Waals surface area contributed by atoms with Crippen LogP contribution in [-0.4, -0.2) is 11.9 Å². The molecule has 74 valence electrons. The molecular weight excluding hydrogens is 176 g/mol. The number of amides is 1. The molecule has 2 unspecified atom stereocenters. The number of hydrogen-bond donors (Lipinski definition) is 2. The smallest absolute Gasteiger partial charge is 0.238 e. The zero-order chi connectivity index (χ0) is 9.97. The van der Waals surface area contributed by atoms with Crippen molar-refractivity contribution in [1.82, 2.24) is 10.6 Å². The molecule has 14 heavy (non-hydrogen) atoms. The Labute approximate surface area is 83.5 Å². The van der Waals surface area contributed by atoms with Gasteiger partial charge in [0.05, 0.1) is 6.04 Å². The Balaban J connectivity index is 2.13. The van der Waals surface area contributed by atoms with Crippen molar-refractivity contribution in [3.8, 4) is 0 Å². The third-order valence-corrected chi connectivity index (χ3v) is 2.51. The topological polar surface area (TPSA) is 41.1 Å². The Morgan fingerprint density at radius 1 is 1.29 bits per heavy atom. The molecule has 1 aliphatic heterocycles. The highest BCUT2D eigenvalue weighted by Crippen LogP contribution is 2.16. The van der Waals surface area contributed by atoms with Crippen LogP contribution in [0.4, 0.5) is 0 Å². The lowest BCUT2D eigenvalue weighted by molar-refractivity contribution is -0.120. The SMILES string of the molecule is CCC1NC(c2ccccc2)NC1=O. The predicted molar refractivity (Wildman–Crippen MR) is 54.5 cm³/mol. The summed E-state index contributed by atoms with van der Waals surface area (Å²) in [6.45, 7) is 2.00. The molecule has 0 radical (unpaired) electrons. The Kier molecular flexibility index (Phi) is 2.50. The fraction of sp³-hybridized carbons (Fsp3) is 0.364. The summed E-state index contributed by atoms with van der Waals surface area (Å²) in [5.41, 5.74) is 1.11. The van der Waals surface area contributed by atoms with Crippen molar-refractivity contribution in [1.29, 1.82) is 0 Å². The number of benzene rings is 1. The van der Waals surface area contributed by atoms with Crippen LogP contribution in [0.25, 0.3) is 0 Å². The summed E-state index contributed by atoms with van der Waals surface area (Å²) < 4.78 is 0. The number of carbonyl (C=O) groups excluding carboxylic acids is 1. The molecule has 0 aliphatic carbocycles. The summed E-state index contributed by atoms with van der Waals surface area (Å²) in [5, 5.41) is 6.17. The molecule has 0 aromatic heterocycles. The van der Waals surface area contributed by atoms with E-state index < -0.39 is 0 Å². The number of rotatable bonds is 2. The number of hydrogen-bond acceptors (Lipinski definition) is 2. The standard InChI is InChI=1S/C11H14N2O/c1-2-9-11(14)13-10(12-9)8-6-4-3-5-7-8/h3-7,9-10,12H,2H2,1H3,(H,13,14). The molecule has 1 saturated heterocycles. The van der Waals surface area contributed by atoms with Crippen molar-refractivity contribution in [2.24, 2.45) is 0 Å². The maximum Gasteiger partial charge on any atom is 0.238 e. The average Bonchev–Trinajstić information content (AvgIpc) is 2.61. The Hall–Kier alpha value is -1.35. The summed E-state index contributed by atoms with van der Waals surface area (Å²) in [6, 6.07) is 9.90. The van der Waals surface area contributed by atoms with E-state index in [1.165, 1.54) is 0 Å². The van der Waals surface area contributed by atoms with Crippen LogP contribution in [0.3, 0.4) is 0 Å². The second kappa shape index (κ2) is 3.80. The van der Waals surface area contributed by atoms with Gasteiger partial charge in [0.15, 0.2) is 0 Å². The van der Waals surface area contributed by atoms with Gasteiger partial charge < -0.3 is 5.32 Å². The van der Waals surface area contributed by atoms with E-state index in [9.17, 15) is 4.79 Å². The van der Waals surface area contributed by atoms with Crippen molar-refractivity contribution in [2.75, 3.05) is 0 Å². The molecule has 2 N–H and O–H groups in total. The zero-order valence-corrected chi connectivity index (χ0v) is 8.16. The molecule has 0 bridgehead atoms. The molecule has 2 atom stereocenters. The van der Waals surface area contributed by atoms with Crippen LogP contribution in [0.15, 0.2) is 30.3 Å². The van der Waals surface area contributed by atoms with E-state index in [-0.39, 0.29) is 18.1 Å². The monoisotopic (exact) mass is 190 g/mol. The van der Waals surface area contributed by atoms with Crippen LogP contribution in [-0.2, 0) is 4.79 Å². The van der Waals surface area contributed by atoms with Gasteiger partial charge in [0, 0.05) is 0 Å². The highest BCUT2D eigenvalue weighted by molar-refractivity contribution is 5.84. The summed E-state index contributed by atoms with van der Waals surface area (Å²) in [4.78, 5) is 11.4. The van der Waals surface area contributed by atoms with Gasteiger partial charge in [-0.15, -0.1) is 0 Å². The van der Waals surface area contributed by atoms with Crippen LogP contribution in [0.5, 0.6) is 0 Å². The number of carbonyl (C=O) groups is 1. The van der Waals surface area contributed by atoms with E-state index in [2.05, 4.69) is 10.6 Å². The normalized spacial score (nSPS) is 26.2. The molecule has 3 heteroatoms. The third kappa shape index (κ3) is 1.63. The van der Waals surface area contributed by atoms with Gasteiger partial charge in [-0.25, -0.2) is 0 Å². The highest BCUT2D eigenvalue weighted by Gasteiger charge is 2.29. The molecule has 1 fully saturated rings. The molecule has 0 spiro atoms. The molecule has 0 saturated carbocycles. The van der Waals surface area contributed by atoms with Crippen molar-refractivity contribution >= 4 is 5.91 Å². The lowest BCUT2D eigenvalue weighted by atomic mass is 10.2. The van der Waals surface area contributed by atoms with E-state index in [0.29, 0.717) is 0 Å². The molecule has 1 amide bonds. The van der Waals surface area contributed by atoms with Crippen molar-refractivity contribution in [3.63, 3.8) is 0 Å². The van der Waals surface area contributed by atoms with Gasteiger partial charge in [-0.05, 0) is 12.0 Å². The quantitative estimate of drug-likeness (QED) is 0.735. The van der Waals surface area contributed by atoms with E-state index in [4.69, 9.17) is 0 Å². The first-order chi connectivity index (χ1) is 6.81. The molecule has 1 aromatic rings. The molecule has 2 rings (SSSR count). The van der Waals surface area contributed by atoms with Crippen LogP contribution in [0.1, 0.15) is 25.1 Å². The molecule has 3 nitrogen and oxygen atoms in total. The van der Waals surface area contributed by atoms with Gasteiger partial charge in [0.2, 0.25) is 5.91 Å². The molecule has 1 aromatic carbocycles. The molecule has 1 aliphatic rings. The summed E-state index contributed by atoms with van der Waals surface area (Å²) >= 11 is 0. The van der Waals surface area contributed by atoms with Gasteiger partial charge >= 0.3 is 0 Å². The lowest BCUT2D eigenvalue weighted by Crippen LogP contribution is -2.27. The maximum atomic E-state index is 11.4. The van der Waals surface area contributed by atoms with Crippen LogP contribution in [0, 0.1) is 0 Å². The Morgan fingerprint density at radius 3 is 2.57 bits per heavy atom. The first-order valence-corrected chi connectivity index (χ1v) is 4.92. The van der Waals surface area contributed by atoms with Gasteiger partial charge in [0.25, 0.3) is 0 Å². The fourth-order valence-corrected chi connectivity index (χ4v) is 1.69. The van der Waals surface area contributed by atoms with E-state index in [0.717, 1.165) is 12.0 Å². The van der Waals surface area contributed by atoms with Crippen LogP contribution in [0.2, 0.25) is 0 Å². The Morgan fingerprint density at radius 2 is 2.00 bits per heavy atom. The van der Waals surface area contributed by atoms with Crippen molar-refractivity contribution in [3.05, 3.63) is 35.9 Å². The van der Waals surface area contributed by atoms with Crippen LogP contribution < -0.4 is 10.6 Å². The molecular formula is C11H14N2O. The average molecular weight is 190 g/mol. The zero-order valence-electron chi connectivity index (χ0n) is 8.16. The van der Waals surface area contributed by atoms with Gasteiger partial charge in [0.1, 0.15) is 6.17 Å². The van der Waals surface area contributed by atoms with Crippen molar-refractivity contribution < 1.29 is 4.79 Å². The second-order valence-electron chi connectivity index (χ2n) is 3.48. The largest absolute Gasteiger partial charge is 0.335 e. The minimum absolute atomic E-state index is 0.0198. The van der Waals surface area contributed by atoms with E-state index in [1.54, 1.807) is 0 Å². The van der Waals surface area contributed by atoms with E-state index in [1.807, 2.05) is 37.3 Å². The predicted octanol–water partition coefficient (Wildman–Crippen LogP) is 1.18.